The van der Waals surface area contributed by atoms with Crippen LogP contribution < -0.4 is 16.0 Å². The molecule has 0 unspecified atom stereocenters. The number of amides is 3. The topological polar surface area (TPSA) is 96.0 Å². The summed E-state index contributed by atoms with van der Waals surface area (Å²) in [5.41, 5.74) is 0.941. The number of urea groups is 1. The highest BCUT2D eigenvalue weighted by molar-refractivity contribution is 7.18. The second kappa shape index (κ2) is 8.39. The van der Waals surface area contributed by atoms with Gasteiger partial charge in [-0.3, -0.25) is 10.1 Å². The van der Waals surface area contributed by atoms with Gasteiger partial charge in [0.2, 0.25) is 11.0 Å². The van der Waals surface area contributed by atoms with Gasteiger partial charge in [-0.2, -0.15) is 0 Å². The van der Waals surface area contributed by atoms with Gasteiger partial charge in [-0.1, -0.05) is 55.5 Å². The van der Waals surface area contributed by atoms with Crippen LogP contribution in [0.4, 0.5) is 9.93 Å². The fraction of sp³-hybridized carbons (Fsp3) is 0.375. The largest absolute Gasteiger partial charge is 0.338 e. The molecule has 0 aliphatic rings. The molecule has 1 aromatic heterocycles. The van der Waals surface area contributed by atoms with E-state index >= 15 is 0 Å². The highest BCUT2D eigenvalue weighted by Gasteiger charge is 2.25. The molecular weight excluding hydrogens is 326 g/mol. The molecule has 1 heterocycles. The maximum absolute atomic E-state index is 12.4. The molecule has 0 saturated carbocycles. The third-order valence-corrected chi connectivity index (χ3v) is 4.14. The van der Waals surface area contributed by atoms with Crippen LogP contribution in [-0.4, -0.2) is 34.7 Å². The molecule has 24 heavy (non-hydrogen) atoms. The Kier molecular flexibility index (Phi) is 6.25. The van der Waals surface area contributed by atoms with Crippen LogP contribution in [0.15, 0.2) is 30.3 Å². The lowest BCUT2D eigenvalue weighted by Crippen LogP contribution is -2.50. The number of benzene rings is 1. The summed E-state index contributed by atoms with van der Waals surface area (Å²) in [6, 6.07) is 8.60. The Hall–Kier alpha value is -2.48. The molecule has 0 saturated heterocycles. The molecule has 3 N–H and O–H groups in total. The minimum absolute atomic E-state index is 0.0610. The second-order valence-corrected chi connectivity index (χ2v) is 6.47. The van der Waals surface area contributed by atoms with Crippen LogP contribution >= 0.6 is 11.3 Å². The molecule has 2 aromatic rings. The zero-order valence-corrected chi connectivity index (χ0v) is 14.7. The summed E-state index contributed by atoms with van der Waals surface area (Å²) in [6.45, 7) is 6.05. The van der Waals surface area contributed by atoms with Crippen molar-refractivity contribution in [3.8, 4) is 10.6 Å². The molecule has 0 fully saturated rings. The van der Waals surface area contributed by atoms with Crippen molar-refractivity contribution in [1.29, 1.82) is 0 Å². The molecule has 7 nitrogen and oxygen atoms in total. The van der Waals surface area contributed by atoms with E-state index in [1.807, 2.05) is 51.1 Å². The Labute approximate surface area is 144 Å². The van der Waals surface area contributed by atoms with Crippen molar-refractivity contribution in [3.63, 3.8) is 0 Å². The number of hydrogen-bond acceptors (Lipinski definition) is 5. The lowest BCUT2D eigenvalue weighted by molar-refractivity contribution is -0.118. The molecule has 0 spiro atoms. The van der Waals surface area contributed by atoms with E-state index in [0.717, 1.165) is 10.6 Å². The molecule has 0 aliphatic heterocycles. The predicted molar refractivity (Wildman–Crippen MR) is 94.8 cm³/mol. The molecule has 2 rings (SSSR count). The Morgan fingerprint density at radius 1 is 1.17 bits per heavy atom. The first-order chi connectivity index (χ1) is 11.5. The molecule has 128 valence electrons. The Balaban J connectivity index is 2.04. The van der Waals surface area contributed by atoms with Crippen LogP contribution in [0.25, 0.3) is 10.6 Å². The van der Waals surface area contributed by atoms with E-state index in [-0.39, 0.29) is 17.9 Å². The minimum atomic E-state index is -0.652. The Morgan fingerprint density at radius 2 is 1.88 bits per heavy atom. The maximum Gasteiger partial charge on any atom is 0.315 e. The smallest absolute Gasteiger partial charge is 0.315 e. The van der Waals surface area contributed by atoms with Gasteiger partial charge in [0.15, 0.2) is 0 Å². The first-order valence-electron chi connectivity index (χ1n) is 7.75. The summed E-state index contributed by atoms with van der Waals surface area (Å²) >= 11 is 1.29. The van der Waals surface area contributed by atoms with E-state index in [1.54, 1.807) is 0 Å². The molecule has 1 atom stereocenters. The van der Waals surface area contributed by atoms with Gasteiger partial charge in [-0.15, -0.1) is 10.2 Å². The molecule has 3 amide bonds. The monoisotopic (exact) mass is 347 g/mol. The van der Waals surface area contributed by atoms with Crippen molar-refractivity contribution < 1.29 is 9.59 Å². The van der Waals surface area contributed by atoms with E-state index in [0.29, 0.717) is 11.7 Å². The van der Waals surface area contributed by atoms with Crippen molar-refractivity contribution in [2.45, 2.75) is 26.8 Å². The number of nitrogens with one attached hydrogen (secondary N) is 3. The molecule has 0 radical (unpaired) electrons. The van der Waals surface area contributed by atoms with Crippen LogP contribution in [0, 0.1) is 5.92 Å². The third kappa shape index (κ3) is 4.76. The van der Waals surface area contributed by atoms with Gasteiger partial charge in [0, 0.05) is 12.1 Å². The van der Waals surface area contributed by atoms with Gasteiger partial charge >= 0.3 is 6.03 Å². The van der Waals surface area contributed by atoms with Crippen molar-refractivity contribution in [2.24, 2.45) is 5.92 Å². The third-order valence-electron chi connectivity index (χ3n) is 3.25. The number of carbonyl (C=O) groups is 2. The number of rotatable bonds is 6. The first-order valence-corrected chi connectivity index (χ1v) is 8.57. The Bertz CT molecular complexity index is 687. The lowest BCUT2D eigenvalue weighted by atomic mass is 10.0. The van der Waals surface area contributed by atoms with E-state index in [2.05, 4.69) is 26.1 Å². The van der Waals surface area contributed by atoms with Crippen LogP contribution in [-0.2, 0) is 4.79 Å². The van der Waals surface area contributed by atoms with Crippen molar-refractivity contribution >= 4 is 28.4 Å². The van der Waals surface area contributed by atoms with Gasteiger partial charge in [0.1, 0.15) is 11.0 Å². The summed E-state index contributed by atoms with van der Waals surface area (Å²) < 4.78 is 0. The molecule has 0 aliphatic carbocycles. The van der Waals surface area contributed by atoms with Gasteiger partial charge in [0.05, 0.1) is 0 Å². The Morgan fingerprint density at radius 3 is 2.50 bits per heavy atom. The first kappa shape index (κ1) is 17.9. The van der Waals surface area contributed by atoms with Crippen LogP contribution in [0.3, 0.4) is 0 Å². The van der Waals surface area contributed by atoms with Gasteiger partial charge in [-0.05, 0) is 12.8 Å². The van der Waals surface area contributed by atoms with E-state index < -0.39 is 6.04 Å². The quantitative estimate of drug-likeness (QED) is 0.748. The van der Waals surface area contributed by atoms with E-state index in [9.17, 15) is 9.59 Å². The highest BCUT2D eigenvalue weighted by Crippen LogP contribution is 2.26. The zero-order valence-electron chi connectivity index (χ0n) is 13.9. The zero-order chi connectivity index (χ0) is 17.5. The summed E-state index contributed by atoms with van der Waals surface area (Å²) in [4.78, 5) is 24.1. The summed E-state index contributed by atoms with van der Waals surface area (Å²) in [6.07, 6.45) is 0. The van der Waals surface area contributed by atoms with Crippen LogP contribution in [0.2, 0.25) is 0 Å². The van der Waals surface area contributed by atoms with Gasteiger partial charge in [-0.25, -0.2) is 4.79 Å². The van der Waals surface area contributed by atoms with E-state index in [1.165, 1.54) is 11.3 Å². The van der Waals surface area contributed by atoms with Crippen molar-refractivity contribution in [3.05, 3.63) is 30.3 Å². The fourth-order valence-corrected chi connectivity index (χ4v) is 2.79. The van der Waals surface area contributed by atoms with Crippen LogP contribution in [0.1, 0.15) is 20.8 Å². The summed E-state index contributed by atoms with van der Waals surface area (Å²) in [5.74, 6) is -0.374. The normalized spacial score (nSPS) is 11.8. The van der Waals surface area contributed by atoms with E-state index in [4.69, 9.17) is 0 Å². The standard InChI is InChI=1S/C16H21N5O2S/c1-4-17-15(23)18-12(10(2)3)13(22)19-16-21-20-14(24-16)11-8-6-5-7-9-11/h5-10,12H,4H2,1-3H3,(H2,17,18,23)(H,19,21,22)/t12-/m1/s1. The van der Waals surface area contributed by atoms with Crippen molar-refractivity contribution in [1.82, 2.24) is 20.8 Å². The molecule has 1 aromatic carbocycles. The number of nitrogens with zero attached hydrogens (tertiary/aromatic N) is 2. The average Bonchev–Trinajstić information content (AvgIpc) is 3.02. The minimum Gasteiger partial charge on any atom is -0.338 e. The number of hydrogen-bond donors (Lipinski definition) is 3. The average molecular weight is 347 g/mol. The van der Waals surface area contributed by atoms with Crippen LogP contribution in [0.5, 0.6) is 0 Å². The number of aromatic nitrogens is 2. The van der Waals surface area contributed by atoms with Gasteiger partial charge in [0.25, 0.3) is 0 Å². The van der Waals surface area contributed by atoms with Gasteiger partial charge < -0.3 is 10.6 Å². The SMILES string of the molecule is CCNC(=O)N[C@@H](C(=O)Nc1nnc(-c2ccccc2)s1)C(C)C. The number of carbonyl (C=O) groups excluding carboxylic acids is 2. The lowest BCUT2D eigenvalue weighted by Gasteiger charge is -2.20. The summed E-state index contributed by atoms with van der Waals surface area (Å²) in [5, 5.41) is 17.2. The van der Waals surface area contributed by atoms with Crippen molar-refractivity contribution in [2.75, 3.05) is 11.9 Å². The number of anilines is 1. The molecular formula is C16H21N5O2S. The highest BCUT2D eigenvalue weighted by atomic mass is 32.1. The predicted octanol–water partition coefficient (Wildman–Crippen LogP) is 2.49. The molecule has 8 heteroatoms. The second-order valence-electron chi connectivity index (χ2n) is 5.49. The summed E-state index contributed by atoms with van der Waals surface area (Å²) in [7, 11) is 0. The molecule has 0 bridgehead atoms. The maximum atomic E-state index is 12.4. The fourth-order valence-electron chi connectivity index (χ4n) is 2.04.